The predicted octanol–water partition coefficient (Wildman–Crippen LogP) is 2.59. The first kappa shape index (κ1) is 20.8. The summed E-state index contributed by atoms with van der Waals surface area (Å²) in [6.07, 6.45) is 2.09. The molecule has 2 atom stereocenters. The molecule has 1 aliphatic heterocycles. The van der Waals surface area contributed by atoms with Crippen molar-refractivity contribution in [1.29, 1.82) is 0 Å². The van der Waals surface area contributed by atoms with E-state index in [9.17, 15) is 18.3 Å². The van der Waals surface area contributed by atoms with Crippen LogP contribution in [-0.2, 0) is 19.6 Å². The van der Waals surface area contributed by atoms with Crippen molar-refractivity contribution in [1.82, 2.24) is 4.31 Å². The zero-order valence-corrected chi connectivity index (χ0v) is 17.5. The highest BCUT2D eigenvalue weighted by molar-refractivity contribution is 7.89. The number of morpholine rings is 1. The van der Waals surface area contributed by atoms with E-state index in [2.05, 4.69) is 11.4 Å². The second-order valence-electron chi connectivity index (χ2n) is 8.25. The Kier molecular flexibility index (Phi) is 5.58. The number of sulfonamides is 1. The molecule has 1 amide bonds. The molecule has 0 radical (unpaired) electrons. The number of anilines is 1. The van der Waals surface area contributed by atoms with Crippen LogP contribution in [0.3, 0.4) is 0 Å². The minimum Gasteiger partial charge on any atom is -0.506 e. The summed E-state index contributed by atoms with van der Waals surface area (Å²) in [6, 6.07) is 3.97. The Labute approximate surface area is 166 Å². The van der Waals surface area contributed by atoms with Gasteiger partial charge in [-0.05, 0) is 43.4 Å². The number of phenols is 1. The number of allylic oxidation sites excluding steroid dienone is 2. The van der Waals surface area contributed by atoms with E-state index in [1.54, 1.807) is 0 Å². The topological polar surface area (TPSA) is 95.9 Å². The summed E-state index contributed by atoms with van der Waals surface area (Å²) in [5.41, 5.74) is 1.09. The Balaban J connectivity index is 1.81. The van der Waals surface area contributed by atoms with Gasteiger partial charge in [0.1, 0.15) is 5.75 Å². The summed E-state index contributed by atoms with van der Waals surface area (Å²) in [7, 11) is -3.71. The van der Waals surface area contributed by atoms with E-state index < -0.39 is 10.0 Å². The molecule has 1 aromatic rings. The fraction of sp³-hybridized carbons (Fsp3) is 0.550. The van der Waals surface area contributed by atoms with E-state index in [-0.39, 0.29) is 52.6 Å². The molecule has 1 heterocycles. The normalized spacial score (nSPS) is 24.4. The number of amides is 1. The van der Waals surface area contributed by atoms with Crippen LogP contribution in [0.2, 0.25) is 0 Å². The molecule has 2 aliphatic rings. The van der Waals surface area contributed by atoms with E-state index in [1.165, 1.54) is 22.5 Å². The highest BCUT2D eigenvalue weighted by Crippen LogP contribution is 2.59. The lowest BCUT2D eigenvalue weighted by atomic mass is 10.1. The van der Waals surface area contributed by atoms with Gasteiger partial charge >= 0.3 is 0 Å². The second-order valence-corrected chi connectivity index (χ2v) is 10.2. The molecule has 0 aromatic heterocycles. The van der Waals surface area contributed by atoms with Crippen LogP contribution in [0.5, 0.6) is 5.75 Å². The minimum atomic E-state index is -3.71. The standard InChI is InChI=1S/C20H28N2O5S/c1-13(2)11-15-18(20(15,3)4)19(24)21-16-12-14(5-6-17(16)23)28(25,26)22-7-9-27-10-8-22/h5-6,11-12,15,18,23H,7-10H2,1-4H3,(H,21,24)/t15-,18+/m1/s1. The first-order valence-corrected chi connectivity index (χ1v) is 10.9. The summed E-state index contributed by atoms with van der Waals surface area (Å²) < 4.78 is 32.2. The van der Waals surface area contributed by atoms with Crippen LogP contribution in [0.15, 0.2) is 34.7 Å². The maximum atomic E-state index is 12.8. The third kappa shape index (κ3) is 3.94. The minimum absolute atomic E-state index is 0.0402. The number of nitrogens with zero attached hydrogens (tertiary/aromatic N) is 1. The Morgan fingerprint density at radius 1 is 1.29 bits per heavy atom. The molecule has 1 saturated carbocycles. The van der Waals surface area contributed by atoms with Gasteiger partial charge in [0.15, 0.2) is 0 Å². The van der Waals surface area contributed by atoms with Crippen LogP contribution in [-0.4, -0.2) is 50.0 Å². The van der Waals surface area contributed by atoms with E-state index in [0.29, 0.717) is 13.2 Å². The molecule has 7 nitrogen and oxygen atoms in total. The molecule has 1 aromatic carbocycles. The van der Waals surface area contributed by atoms with Gasteiger partial charge in [-0.2, -0.15) is 4.31 Å². The molecule has 0 bridgehead atoms. The zero-order chi connectivity index (χ0) is 20.7. The predicted molar refractivity (Wildman–Crippen MR) is 107 cm³/mol. The molecule has 1 aliphatic carbocycles. The monoisotopic (exact) mass is 408 g/mol. The number of nitrogens with one attached hydrogen (secondary N) is 1. The summed E-state index contributed by atoms with van der Waals surface area (Å²) in [5.74, 6) is -0.476. The van der Waals surface area contributed by atoms with E-state index >= 15 is 0 Å². The van der Waals surface area contributed by atoms with Crippen molar-refractivity contribution in [3.8, 4) is 5.75 Å². The van der Waals surface area contributed by atoms with Gasteiger partial charge < -0.3 is 15.2 Å². The molecule has 1 saturated heterocycles. The number of carbonyl (C=O) groups excluding carboxylic acids is 1. The average Bonchev–Trinajstić information content (AvgIpc) is 3.16. The van der Waals surface area contributed by atoms with Crippen molar-refractivity contribution < 1.29 is 23.1 Å². The van der Waals surface area contributed by atoms with Crippen molar-refractivity contribution in [2.24, 2.45) is 17.3 Å². The molecular weight excluding hydrogens is 380 g/mol. The zero-order valence-electron chi connectivity index (χ0n) is 16.7. The lowest BCUT2D eigenvalue weighted by Gasteiger charge is -2.26. The molecule has 3 rings (SSSR count). The lowest BCUT2D eigenvalue weighted by molar-refractivity contribution is -0.118. The molecule has 154 valence electrons. The number of hydrogen-bond donors (Lipinski definition) is 2. The van der Waals surface area contributed by atoms with Gasteiger partial charge in [0, 0.05) is 13.1 Å². The molecule has 8 heteroatoms. The molecule has 2 N–H and O–H groups in total. The summed E-state index contributed by atoms with van der Waals surface area (Å²) in [6.45, 7) is 9.31. The number of phenolic OH excluding ortho intramolecular Hbond substituents is 1. The third-order valence-electron chi connectivity index (χ3n) is 5.54. The SMILES string of the molecule is CC(C)=C[C@@H]1[C@@H](C(=O)Nc2cc(S(=O)(=O)N3CCOCC3)ccc2O)C1(C)C. The highest BCUT2D eigenvalue weighted by Gasteiger charge is 2.60. The Hall–Kier alpha value is -1.90. The fourth-order valence-electron chi connectivity index (χ4n) is 3.77. The Bertz CT molecular complexity index is 897. The lowest BCUT2D eigenvalue weighted by Crippen LogP contribution is -2.40. The summed E-state index contributed by atoms with van der Waals surface area (Å²) in [5, 5.41) is 12.9. The van der Waals surface area contributed by atoms with Gasteiger partial charge in [-0.15, -0.1) is 0 Å². The first-order chi connectivity index (χ1) is 13.0. The van der Waals surface area contributed by atoms with Crippen molar-refractivity contribution in [3.63, 3.8) is 0 Å². The first-order valence-electron chi connectivity index (χ1n) is 9.42. The van der Waals surface area contributed by atoms with Crippen LogP contribution in [0.4, 0.5) is 5.69 Å². The van der Waals surface area contributed by atoms with Crippen LogP contribution in [0.25, 0.3) is 0 Å². The number of benzene rings is 1. The maximum Gasteiger partial charge on any atom is 0.243 e. The van der Waals surface area contributed by atoms with Crippen molar-refractivity contribution >= 4 is 21.6 Å². The summed E-state index contributed by atoms with van der Waals surface area (Å²) in [4.78, 5) is 12.8. The second kappa shape index (κ2) is 7.50. The number of ether oxygens (including phenoxy) is 1. The van der Waals surface area contributed by atoms with Crippen molar-refractivity contribution in [3.05, 3.63) is 29.8 Å². The van der Waals surface area contributed by atoms with Crippen LogP contribution in [0, 0.1) is 17.3 Å². The smallest absolute Gasteiger partial charge is 0.243 e. The molecule has 0 spiro atoms. The van der Waals surface area contributed by atoms with Gasteiger partial charge in [0.05, 0.1) is 29.7 Å². The average molecular weight is 409 g/mol. The van der Waals surface area contributed by atoms with Crippen LogP contribution < -0.4 is 5.32 Å². The van der Waals surface area contributed by atoms with Gasteiger partial charge in [-0.25, -0.2) is 8.42 Å². The van der Waals surface area contributed by atoms with Crippen molar-refractivity contribution in [2.75, 3.05) is 31.6 Å². The Morgan fingerprint density at radius 3 is 2.54 bits per heavy atom. The van der Waals surface area contributed by atoms with Gasteiger partial charge in [-0.3, -0.25) is 4.79 Å². The van der Waals surface area contributed by atoms with E-state index in [1.807, 2.05) is 27.7 Å². The van der Waals surface area contributed by atoms with E-state index in [4.69, 9.17) is 4.74 Å². The van der Waals surface area contributed by atoms with Crippen LogP contribution >= 0.6 is 0 Å². The Morgan fingerprint density at radius 2 is 1.93 bits per heavy atom. The largest absolute Gasteiger partial charge is 0.506 e. The number of carbonyl (C=O) groups is 1. The summed E-state index contributed by atoms with van der Waals surface area (Å²) >= 11 is 0. The molecule has 28 heavy (non-hydrogen) atoms. The molecule has 2 fully saturated rings. The fourth-order valence-corrected chi connectivity index (χ4v) is 5.21. The number of rotatable bonds is 5. The third-order valence-corrected chi connectivity index (χ3v) is 7.43. The maximum absolute atomic E-state index is 12.8. The van der Waals surface area contributed by atoms with Crippen molar-refractivity contribution in [2.45, 2.75) is 32.6 Å². The number of hydrogen-bond acceptors (Lipinski definition) is 5. The van der Waals surface area contributed by atoms with Crippen LogP contribution in [0.1, 0.15) is 27.7 Å². The van der Waals surface area contributed by atoms with E-state index in [0.717, 1.165) is 5.57 Å². The quantitative estimate of drug-likeness (QED) is 0.577. The van der Waals surface area contributed by atoms with Gasteiger partial charge in [-0.1, -0.05) is 25.5 Å². The van der Waals surface area contributed by atoms with Gasteiger partial charge in [0.2, 0.25) is 15.9 Å². The highest BCUT2D eigenvalue weighted by atomic mass is 32.2. The molecular formula is C20H28N2O5S. The molecule has 0 unspecified atom stereocenters. The number of aromatic hydroxyl groups is 1. The van der Waals surface area contributed by atoms with Gasteiger partial charge in [0.25, 0.3) is 0 Å².